The lowest BCUT2D eigenvalue weighted by Gasteiger charge is -2.40. The first kappa shape index (κ1) is 15.7. The first-order valence-electron chi connectivity index (χ1n) is 7.67. The molecule has 20 heavy (non-hydrogen) atoms. The summed E-state index contributed by atoms with van der Waals surface area (Å²) < 4.78 is 26.2. The molecule has 0 aromatic heterocycles. The normalized spacial score (nSPS) is 34.7. The molecule has 2 N–H and O–H groups in total. The number of nitrogens with one attached hydrogen (secondary N) is 1. The van der Waals surface area contributed by atoms with Gasteiger partial charge in [-0.1, -0.05) is 19.8 Å². The Morgan fingerprint density at radius 3 is 2.45 bits per heavy atom. The maximum atomic E-state index is 13.1. The van der Waals surface area contributed by atoms with Crippen LogP contribution in [0.25, 0.3) is 0 Å². The van der Waals surface area contributed by atoms with E-state index in [1.165, 1.54) is 0 Å². The smallest absolute Gasteiger partial charge is 0.248 e. The summed E-state index contributed by atoms with van der Waals surface area (Å²) in [7, 11) is 0. The van der Waals surface area contributed by atoms with Crippen LogP contribution in [-0.2, 0) is 4.79 Å². The molecule has 2 atom stereocenters. The fourth-order valence-electron chi connectivity index (χ4n) is 3.62. The van der Waals surface area contributed by atoms with Crippen LogP contribution in [0.1, 0.15) is 58.3 Å². The fourth-order valence-corrected chi connectivity index (χ4v) is 3.62. The van der Waals surface area contributed by atoms with Gasteiger partial charge in [-0.3, -0.25) is 4.79 Å². The van der Waals surface area contributed by atoms with Crippen LogP contribution < -0.4 is 5.32 Å². The molecule has 0 bridgehead atoms. The topological polar surface area (TPSA) is 49.3 Å². The lowest BCUT2D eigenvalue weighted by molar-refractivity contribution is -0.132. The Labute approximate surface area is 119 Å². The number of aliphatic hydroxyl groups is 1. The highest BCUT2D eigenvalue weighted by Gasteiger charge is 2.41. The molecule has 0 aliphatic heterocycles. The molecule has 0 spiro atoms. The molecule has 2 fully saturated rings. The summed E-state index contributed by atoms with van der Waals surface area (Å²) in [6, 6.07) is 0. The lowest BCUT2D eigenvalue weighted by atomic mass is 9.76. The predicted molar refractivity (Wildman–Crippen MR) is 72.5 cm³/mol. The van der Waals surface area contributed by atoms with E-state index in [2.05, 4.69) is 12.2 Å². The average Bonchev–Trinajstić information content (AvgIpc) is 2.38. The largest absolute Gasteiger partial charge is 0.394 e. The molecule has 2 aliphatic rings. The molecule has 2 aliphatic carbocycles. The van der Waals surface area contributed by atoms with Gasteiger partial charge in [-0.15, -0.1) is 0 Å². The van der Waals surface area contributed by atoms with E-state index in [4.69, 9.17) is 0 Å². The molecule has 0 heterocycles. The van der Waals surface area contributed by atoms with Crippen molar-refractivity contribution in [2.45, 2.75) is 69.8 Å². The zero-order valence-corrected chi connectivity index (χ0v) is 12.1. The van der Waals surface area contributed by atoms with Crippen molar-refractivity contribution >= 4 is 5.91 Å². The SMILES string of the molecule is CC1CCCC(CO)(NC(=O)C2CCC(F)(F)CC2)C1. The molecule has 2 saturated carbocycles. The van der Waals surface area contributed by atoms with Crippen LogP contribution in [0, 0.1) is 11.8 Å². The van der Waals surface area contributed by atoms with Gasteiger partial charge >= 0.3 is 0 Å². The van der Waals surface area contributed by atoms with Crippen LogP contribution in [0.2, 0.25) is 0 Å². The van der Waals surface area contributed by atoms with E-state index in [0.29, 0.717) is 5.92 Å². The molecule has 116 valence electrons. The van der Waals surface area contributed by atoms with Gasteiger partial charge in [-0.25, -0.2) is 8.78 Å². The zero-order chi connectivity index (χ0) is 14.8. The molecule has 5 heteroatoms. The van der Waals surface area contributed by atoms with Crippen molar-refractivity contribution in [1.82, 2.24) is 5.32 Å². The van der Waals surface area contributed by atoms with Crippen LogP contribution in [-0.4, -0.2) is 29.1 Å². The van der Waals surface area contributed by atoms with E-state index in [1.54, 1.807) is 0 Å². The first-order chi connectivity index (χ1) is 9.36. The van der Waals surface area contributed by atoms with E-state index >= 15 is 0 Å². The van der Waals surface area contributed by atoms with Gasteiger partial charge in [0.05, 0.1) is 12.1 Å². The standard InChI is InChI=1S/C15H25F2NO2/c1-11-3-2-6-14(9-11,10-19)18-13(20)12-4-7-15(16,17)8-5-12/h11-12,19H,2-10H2,1H3,(H,18,20). The van der Waals surface area contributed by atoms with Gasteiger partial charge in [0, 0.05) is 18.8 Å². The van der Waals surface area contributed by atoms with E-state index in [-0.39, 0.29) is 44.1 Å². The van der Waals surface area contributed by atoms with E-state index in [9.17, 15) is 18.7 Å². The highest BCUT2D eigenvalue weighted by atomic mass is 19.3. The molecule has 1 amide bonds. The van der Waals surface area contributed by atoms with Crippen molar-refractivity contribution < 1.29 is 18.7 Å². The Balaban J connectivity index is 1.93. The second kappa shape index (κ2) is 5.96. The Morgan fingerprint density at radius 1 is 1.25 bits per heavy atom. The van der Waals surface area contributed by atoms with E-state index in [1.807, 2.05) is 0 Å². The monoisotopic (exact) mass is 289 g/mol. The number of carbonyl (C=O) groups excluding carboxylic acids is 1. The minimum Gasteiger partial charge on any atom is -0.394 e. The van der Waals surface area contributed by atoms with Crippen LogP contribution in [0.15, 0.2) is 0 Å². The average molecular weight is 289 g/mol. The maximum absolute atomic E-state index is 13.1. The van der Waals surface area contributed by atoms with Crippen molar-refractivity contribution in [2.24, 2.45) is 11.8 Å². The van der Waals surface area contributed by atoms with Crippen molar-refractivity contribution in [2.75, 3.05) is 6.61 Å². The number of aliphatic hydroxyl groups excluding tert-OH is 1. The van der Waals surface area contributed by atoms with Crippen LogP contribution in [0.3, 0.4) is 0 Å². The van der Waals surface area contributed by atoms with Gasteiger partial charge < -0.3 is 10.4 Å². The number of carbonyl (C=O) groups is 1. The molecular formula is C15H25F2NO2. The van der Waals surface area contributed by atoms with Gasteiger partial charge in [0.2, 0.25) is 11.8 Å². The highest BCUT2D eigenvalue weighted by Crippen LogP contribution is 2.37. The third kappa shape index (κ3) is 3.68. The fraction of sp³-hybridized carbons (Fsp3) is 0.933. The molecule has 0 radical (unpaired) electrons. The number of hydrogen-bond acceptors (Lipinski definition) is 2. The number of rotatable bonds is 3. The molecule has 0 aromatic rings. The molecule has 0 saturated heterocycles. The van der Waals surface area contributed by atoms with Gasteiger partial charge in [0.25, 0.3) is 0 Å². The Morgan fingerprint density at radius 2 is 1.90 bits per heavy atom. The zero-order valence-electron chi connectivity index (χ0n) is 12.1. The van der Waals surface area contributed by atoms with Gasteiger partial charge in [-0.2, -0.15) is 0 Å². The van der Waals surface area contributed by atoms with Crippen LogP contribution in [0.4, 0.5) is 8.78 Å². The van der Waals surface area contributed by atoms with Crippen molar-refractivity contribution in [3.8, 4) is 0 Å². The number of halogens is 2. The van der Waals surface area contributed by atoms with Crippen LogP contribution >= 0.6 is 0 Å². The Hall–Kier alpha value is -0.710. The van der Waals surface area contributed by atoms with Gasteiger partial charge in [0.15, 0.2) is 0 Å². The number of hydrogen-bond donors (Lipinski definition) is 2. The second-order valence-electron chi connectivity index (χ2n) is 6.76. The summed E-state index contributed by atoms with van der Waals surface area (Å²) in [6.07, 6.45) is 3.76. The van der Waals surface area contributed by atoms with E-state index < -0.39 is 11.5 Å². The summed E-state index contributed by atoms with van der Waals surface area (Å²) >= 11 is 0. The molecular weight excluding hydrogens is 264 g/mol. The third-order valence-corrected chi connectivity index (χ3v) is 4.87. The summed E-state index contributed by atoms with van der Waals surface area (Å²) in [4.78, 5) is 12.3. The summed E-state index contributed by atoms with van der Waals surface area (Å²) in [6.45, 7) is 2.06. The van der Waals surface area contributed by atoms with Crippen molar-refractivity contribution in [3.05, 3.63) is 0 Å². The van der Waals surface area contributed by atoms with Crippen LogP contribution in [0.5, 0.6) is 0 Å². The second-order valence-corrected chi connectivity index (χ2v) is 6.76. The maximum Gasteiger partial charge on any atom is 0.248 e. The first-order valence-corrected chi connectivity index (χ1v) is 7.67. The molecule has 2 rings (SSSR count). The van der Waals surface area contributed by atoms with E-state index in [0.717, 1.165) is 25.7 Å². The highest BCUT2D eigenvalue weighted by molar-refractivity contribution is 5.79. The number of alkyl halides is 2. The minimum atomic E-state index is -2.61. The molecule has 3 nitrogen and oxygen atoms in total. The molecule has 2 unspecified atom stereocenters. The summed E-state index contributed by atoms with van der Waals surface area (Å²) in [5, 5.41) is 12.6. The lowest BCUT2D eigenvalue weighted by Crippen LogP contribution is -2.55. The summed E-state index contributed by atoms with van der Waals surface area (Å²) in [5.74, 6) is -2.60. The van der Waals surface area contributed by atoms with Gasteiger partial charge in [0.1, 0.15) is 0 Å². The minimum absolute atomic E-state index is 0.0635. The number of amides is 1. The molecule has 0 aromatic carbocycles. The van der Waals surface area contributed by atoms with Gasteiger partial charge in [-0.05, 0) is 31.6 Å². The quantitative estimate of drug-likeness (QED) is 0.839. The predicted octanol–water partition coefficient (Wildman–Crippen LogP) is 2.87. The third-order valence-electron chi connectivity index (χ3n) is 4.87. The Bertz CT molecular complexity index is 352. The van der Waals surface area contributed by atoms with Crippen molar-refractivity contribution in [3.63, 3.8) is 0 Å². The van der Waals surface area contributed by atoms with Crippen molar-refractivity contribution in [1.29, 1.82) is 0 Å². The summed E-state index contributed by atoms with van der Waals surface area (Å²) in [5.41, 5.74) is -0.533. The Kier molecular flexibility index (Phi) is 4.67.